The SMILES string of the molecule is Cc1c(-c2ccccc2)cc(-c2ccccc2)nc1-c1ccc(-n2c3c4ccccc4ccc3c3c2c2ccccc2n3-c2ccccn2)cc1. The normalized spacial score (nSPS) is 11.6. The second-order valence-corrected chi connectivity index (χ2v) is 13.1. The first-order chi connectivity index (χ1) is 25.2. The molecule has 0 saturated carbocycles. The summed E-state index contributed by atoms with van der Waals surface area (Å²) >= 11 is 0. The highest BCUT2D eigenvalue weighted by molar-refractivity contribution is 6.24. The van der Waals surface area contributed by atoms with E-state index < -0.39 is 0 Å². The van der Waals surface area contributed by atoms with Crippen molar-refractivity contribution in [3.8, 4) is 45.1 Å². The van der Waals surface area contributed by atoms with Crippen LogP contribution >= 0.6 is 0 Å². The molecule has 10 rings (SSSR count). The zero-order chi connectivity index (χ0) is 33.9. The Morgan fingerprint density at radius 2 is 1.14 bits per heavy atom. The minimum absolute atomic E-state index is 0.903. The van der Waals surface area contributed by atoms with Crippen molar-refractivity contribution in [1.82, 2.24) is 19.1 Å². The van der Waals surface area contributed by atoms with Crippen molar-refractivity contribution in [2.75, 3.05) is 0 Å². The van der Waals surface area contributed by atoms with Crippen LogP contribution in [0.2, 0.25) is 0 Å². The Balaban J connectivity index is 1.24. The van der Waals surface area contributed by atoms with Crippen molar-refractivity contribution in [3.05, 3.63) is 182 Å². The molecule has 0 saturated heterocycles. The number of nitrogens with zero attached hydrogens (tertiary/aromatic N) is 4. The molecule has 6 aromatic carbocycles. The van der Waals surface area contributed by atoms with Gasteiger partial charge in [0.2, 0.25) is 0 Å². The van der Waals surface area contributed by atoms with Crippen LogP contribution in [0.25, 0.3) is 88.8 Å². The number of hydrogen-bond donors (Lipinski definition) is 0. The van der Waals surface area contributed by atoms with E-state index in [0.717, 1.165) is 50.6 Å². The molecule has 0 atom stereocenters. The van der Waals surface area contributed by atoms with Crippen LogP contribution in [0.4, 0.5) is 0 Å². The molecule has 0 spiro atoms. The summed E-state index contributed by atoms with van der Waals surface area (Å²) in [6.45, 7) is 2.19. The van der Waals surface area contributed by atoms with E-state index in [1.807, 2.05) is 18.3 Å². The number of para-hydroxylation sites is 1. The quantitative estimate of drug-likeness (QED) is 0.185. The second kappa shape index (κ2) is 11.7. The molecule has 240 valence electrons. The van der Waals surface area contributed by atoms with E-state index in [9.17, 15) is 0 Å². The zero-order valence-electron chi connectivity index (χ0n) is 28.0. The average Bonchev–Trinajstić information content (AvgIpc) is 3.72. The molecule has 0 fully saturated rings. The van der Waals surface area contributed by atoms with Crippen LogP contribution in [0.5, 0.6) is 0 Å². The van der Waals surface area contributed by atoms with Crippen LogP contribution in [0.15, 0.2) is 176 Å². The van der Waals surface area contributed by atoms with Crippen molar-refractivity contribution in [3.63, 3.8) is 0 Å². The third-order valence-electron chi connectivity index (χ3n) is 10.2. The highest BCUT2D eigenvalue weighted by Gasteiger charge is 2.24. The standard InChI is InChI=1S/C47H32N4/c1-31-40(32-14-4-2-5-15-32)30-41(34-17-6-3-7-18-34)49-44(31)35-23-26-36(27-24-35)50-45-37-19-9-8-16-33(37)25-28-39(45)47-46(50)38-20-10-11-21-42(38)51(47)43-22-12-13-29-48-43/h2-30H,1H3. The minimum atomic E-state index is 0.903. The predicted molar refractivity (Wildman–Crippen MR) is 212 cm³/mol. The molecular formula is C47H32N4. The fourth-order valence-corrected chi connectivity index (χ4v) is 7.81. The van der Waals surface area contributed by atoms with Gasteiger partial charge in [0, 0.05) is 39.2 Å². The molecule has 0 N–H and O–H groups in total. The van der Waals surface area contributed by atoms with E-state index in [1.54, 1.807) is 0 Å². The Labute approximate surface area is 295 Å². The van der Waals surface area contributed by atoms with Crippen LogP contribution in [0.1, 0.15) is 5.56 Å². The third kappa shape index (κ3) is 4.61. The Morgan fingerprint density at radius 1 is 0.471 bits per heavy atom. The Hall–Kier alpha value is -6.78. The van der Waals surface area contributed by atoms with Gasteiger partial charge in [-0.1, -0.05) is 133 Å². The molecule has 0 bridgehead atoms. The van der Waals surface area contributed by atoms with Gasteiger partial charge in [0.15, 0.2) is 0 Å². The maximum Gasteiger partial charge on any atom is 0.137 e. The highest BCUT2D eigenvalue weighted by Crippen LogP contribution is 2.43. The summed E-state index contributed by atoms with van der Waals surface area (Å²) < 4.78 is 4.77. The van der Waals surface area contributed by atoms with Gasteiger partial charge in [-0.05, 0) is 65.4 Å². The molecular weight excluding hydrogens is 621 g/mol. The fraction of sp³-hybridized carbons (Fsp3) is 0.0213. The molecule has 0 amide bonds. The van der Waals surface area contributed by atoms with Crippen molar-refractivity contribution in [1.29, 1.82) is 0 Å². The maximum atomic E-state index is 5.29. The summed E-state index contributed by atoms with van der Waals surface area (Å²) in [5, 5.41) is 4.80. The molecule has 0 aliphatic heterocycles. The summed E-state index contributed by atoms with van der Waals surface area (Å²) in [7, 11) is 0. The second-order valence-electron chi connectivity index (χ2n) is 13.1. The minimum Gasteiger partial charge on any atom is -0.306 e. The van der Waals surface area contributed by atoms with Gasteiger partial charge in [0.25, 0.3) is 0 Å². The summed E-state index contributed by atoms with van der Waals surface area (Å²) in [4.78, 5) is 10.1. The topological polar surface area (TPSA) is 35.6 Å². The molecule has 4 heteroatoms. The van der Waals surface area contributed by atoms with E-state index in [0.29, 0.717) is 0 Å². The van der Waals surface area contributed by atoms with E-state index in [1.165, 1.54) is 43.7 Å². The summed E-state index contributed by atoms with van der Waals surface area (Å²) in [6.07, 6.45) is 1.87. The lowest BCUT2D eigenvalue weighted by molar-refractivity contribution is 1.08. The highest BCUT2D eigenvalue weighted by atomic mass is 15.1. The molecule has 0 unspecified atom stereocenters. The largest absolute Gasteiger partial charge is 0.306 e. The Morgan fingerprint density at radius 3 is 1.90 bits per heavy atom. The molecule has 4 aromatic heterocycles. The van der Waals surface area contributed by atoms with E-state index in [-0.39, 0.29) is 0 Å². The van der Waals surface area contributed by atoms with Gasteiger partial charge < -0.3 is 4.57 Å². The molecule has 4 nitrogen and oxygen atoms in total. The summed E-state index contributed by atoms with van der Waals surface area (Å²) in [5.74, 6) is 0.903. The molecule has 4 heterocycles. The van der Waals surface area contributed by atoms with Gasteiger partial charge in [-0.15, -0.1) is 0 Å². The maximum absolute atomic E-state index is 5.29. The van der Waals surface area contributed by atoms with Gasteiger partial charge in [0.1, 0.15) is 5.82 Å². The lowest BCUT2D eigenvalue weighted by Gasteiger charge is -2.16. The van der Waals surface area contributed by atoms with Crippen molar-refractivity contribution < 1.29 is 0 Å². The van der Waals surface area contributed by atoms with Crippen LogP contribution < -0.4 is 0 Å². The van der Waals surface area contributed by atoms with Crippen molar-refractivity contribution in [2.24, 2.45) is 0 Å². The smallest absolute Gasteiger partial charge is 0.137 e. The predicted octanol–water partition coefficient (Wildman–Crippen LogP) is 12.0. The lowest BCUT2D eigenvalue weighted by atomic mass is 9.94. The Bertz CT molecular complexity index is 2890. The number of pyridine rings is 2. The first kappa shape index (κ1) is 29.2. The molecule has 10 aromatic rings. The Kier molecular flexibility index (Phi) is 6.68. The average molecular weight is 653 g/mol. The van der Waals surface area contributed by atoms with E-state index >= 15 is 0 Å². The number of fused-ring (bicyclic) bond motifs is 7. The van der Waals surface area contributed by atoms with Crippen LogP contribution in [-0.2, 0) is 0 Å². The molecule has 51 heavy (non-hydrogen) atoms. The first-order valence-corrected chi connectivity index (χ1v) is 17.3. The van der Waals surface area contributed by atoms with Gasteiger partial charge in [0.05, 0.1) is 33.5 Å². The number of aromatic nitrogens is 4. The molecule has 0 aliphatic rings. The van der Waals surface area contributed by atoms with Gasteiger partial charge in [-0.25, -0.2) is 9.97 Å². The number of hydrogen-bond acceptors (Lipinski definition) is 2. The molecule has 0 radical (unpaired) electrons. The van der Waals surface area contributed by atoms with Crippen LogP contribution in [0.3, 0.4) is 0 Å². The summed E-state index contributed by atoms with van der Waals surface area (Å²) in [5.41, 5.74) is 13.4. The summed E-state index contributed by atoms with van der Waals surface area (Å²) in [6, 6.07) is 60.3. The number of rotatable bonds is 5. The zero-order valence-corrected chi connectivity index (χ0v) is 28.0. The number of benzene rings is 6. The van der Waals surface area contributed by atoms with Gasteiger partial charge >= 0.3 is 0 Å². The monoisotopic (exact) mass is 652 g/mol. The van der Waals surface area contributed by atoms with Crippen molar-refractivity contribution in [2.45, 2.75) is 6.92 Å². The molecule has 0 aliphatic carbocycles. The van der Waals surface area contributed by atoms with Gasteiger partial charge in [-0.3, -0.25) is 4.57 Å². The fourth-order valence-electron chi connectivity index (χ4n) is 7.81. The van der Waals surface area contributed by atoms with Crippen molar-refractivity contribution >= 4 is 43.6 Å². The third-order valence-corrected chi connectivity index (χ3v) is 10.2. The van der Waals surface area contributed by atoms with E-state index in [2.05, 4.69) is 174 Å². The van der Waals surface area contributed by atoms with Crippen LogP contribution in [-0.4, -0.2) is 19.1 Å². The van der Waals surface area contributed by atoms with Gasteiger partial charge in [-0.2, -0.15) is 0 Å². The van der Waals surface area contributed by atoms with E-state index in [4.69, 9.17) is 9.97 Å². The first-order valence-electron chi connectivity index (χ1n) is 17.3. The lowest BCUT2D eigenvalue weighted by Crippen LogP contribution is -1.98. The van der Waals surface area contributed by atoms with Crippen LogP contribution in [0, 0.1) is 6.92 Å².